The lowest BCUT2D eigenvalue weighted by molar-refractivity contribution is -0.129. The molecule has 23 heavy (non-hydrogen) atoms. The molecule has 0 saturated carbocycles. The summed E-state index contributed by atoms with van der Waals surface area (Å²) in [5, 5.41) is 0. The Kier molecular flexibility index (Phi) is 3.98. The Morgan fingerprint density at radius 1 is 1.00 bits per heavy atom. The molecule has 4 nitrogen and oxygen atoms in total. The third-order valence-corrected chi connectivity index (χ3v) is 3.63. The summed E-state index contributed by atoms with van der Waals surface area (Å²) >= 11 is 0. The number of nitrogens with zero attached hydrogens (tertiary/aromatic N) is 2. The first-order valence-corrected chi connectivity index (χ1v) is 7.40. The minimum Gasteiger partial charge on any atom is -0.402 e. The molecule has 1 aliphatic heterocycles. The molecule has 2 aromatic rings. The first-order chi connectivity index (χ1) is 11.0. The Balaban J connectivity index is 1.87. The van der Waals surface area contributed by atoms with Crippen LogP contribution in [0.1, 0.15) is 16.7 Å². The highest BCUT2D eigenvalue weighted by atomic mass is 16.6. The van der Waals surface area contributed by atoms with E-state index in [0.29, 0.717) is 11.6 Å². The number of aliphatic imine (C=N–C) groups is 1. The number of rotatable bonds is 3. The molecule has 0 atom stereocenters. The molecule has 0 saturated heterocycles. The fraction of sp³-hybridized carbons (Fsp3) is 0.158. The van der Waals surface area contributed by atoms with E-state index < -0.39 is 5.97 Å². The molecule has 116 valence electrons. The van der Waals surface area contributed by atoms with Gasteiger partial charge in [0, 0.05) is 25.3 Å². The van der Waals surface area contributed by atoms with Crippen LogP contribution in [0.15, 0.2) is 59.2 Å². The molecule has 1 aliphatic rings. The Labute approximate surface area is 135 Å². The quantitative estimate of drug-likeness (QED) is 0.644. The molecule has 4 heteroatoms. The van der Waals surface area contributed by atoms with Crippen molar-refractivity contribution in [2.24, 2.45) is 4.99 Å². The zero-order valence-electron chi connectivity index (χ0n) is 13.4. The maximum Gasteiger partial charge on any atom is 0.363 e. The highest BCUT2D eigenvalue weighted by Crippen LogP contribution is 2.20. The van der Waals surface area contributed by atoms with Gasteiger partial charge >= 0.3 is 5.97 Å². The number of aryl methyl sites for hydroxylation is 1. The number of carbonyl (C=O) groups excluding carboxylic acids is 1. The van der Waals surface area contributed by atoms with Gasteiger partial charge in [-0.3, -0.25) is 0 Å². The zero-order valence-corrected chi connectivity index (χ0v) is 13.4. The summed E-state index contributed by atoms with van der Waals surface area (Å²) in [7, 11) is 3.97. The second-order valence-corrected chi connectivity index (χ2v) is 5.69. The van der Waals surface area contributed by atoms with Crippen LogP contribution in [-0.2, 0) is 9.53 Å². The predicted molar refractivity (Wildman–Crippen MR) is 92.6 cm³/mol. The third kappa shape index (κ3) is 3.31. The van der Waals surface area contributed by atoms with Crippen molar-refractivity contribution in [2.45, 2.75) is 6.92 Å². The molecule has 0 aromatic heterocycles. The van der Waals surface area contributed by atoms with Crippen molar-refractivity contribution in [1.29, 1.82) is 0 Å². The minimum atomic E-state index is -0.419. The lowest BCUT2D eigenvalue weighted by atomic mass is 10.1. The first kappa shape index (κ1) is 15.0. The minimum absolute atomic E-state index is 0.318. The summed E-state index contributed by atoms with van der Waals surface area (Å²) in [4.78, 5) is 18.3. The van der Waals surface area contributed by atoms with Gasteiger partial charge in [-0.05, 0) is 42.8 Å². The van der Waals surface area contributed by atoms with Crippen molar-refractivity contribution in [3.8, 4) is 0 Å². The molecule has 0 N–H and O–H groups in total. The molecule has 0 aliphatic carbocycles. The number of anilines is 1. The molecule has 1 heterocycles. The van der Waals surface area contributed by atoms with Gasteiger partial charge in [0.05, 0.1) is 0 Å². The average Bonchev–Trinajstić information content (AvgIpc) is 2.89. The SMILES string of the molecule is Cc1ccc(C2=NC(=Cc3ccc(N(C)C)cc3)C(=O)O2)cc1. The summed E-state index contributed by atoms with van der Waals surface area (Å²) in [5.41, 5.74) is 4.28. The maximum absolute atomic E-state index is 12.0. The Morgan fingerprint density at radius 3 is 2.26 bits per heavy atom. The molecule has 0 unspecified atom stereocenters. The van der Waals surface area contributed by atoms with Gasteiger partial charge < -0.3 is 9.64 Å². The Hall–Kier alpha value is -2.88. The molecular weight excluding hydrogens is 288 g/mol. The van der Waals surface area contributed by atoms with E-state index in [1.165, 1.54) is 0 Å². The summed E-state index contributed by atoms with van der Waals surface area (Å²) in [5.74, 6) is -0.0663. The molecule has 0 amide bonds. The monoisotopic (exact) mass is 306 g/mol. The number of carbonyl (C=O) groups is 1. The molecule has 3 rings (SSSR count). The van der Waals surface area contributed by atoms with Gasteiger partial charge in [-0.15, -0.1) is 0 Å². The van der Waals surface area contributed by atoms with E-state index in [4.69, 9.17) is 4.74 Å². The summed E-state index contributed by atoms with van der Waals surface area (Å²) in [6.45, 7) is 2.01. The number of hydrogen-bond donors (Lipinski definition) is 0. The van der Waals surface area contributed by atoms with Crippen LogP contribution in [0.2, 0.25) is 0 Å². The van der Waals surface area contributed by atoms with Crippen LogP contribution in [0.5, 0.6) is 0 Å². The van der Waals surface area contributed by atoms with Gasteiger partial charge in [0.25, 0.3) is 0 Å². The van der Waals surface area contributed by atoms with E-state index in [-0.39, 0.29) is 0 Å². The molecule has 0 radical (unpaired) electrons. The summed E-state index contributed by atoms with van der Waals surface area (Å²) in [6, 6.07) is 15.6. The van der Waals surface area contributed by atoms with E-state index in [0.717, 1.165) is 22.4 Å². The highest BCUT2D eigenvalue weighted by molar-refractivity contribution is 6.12. The van der Waals surface area contributed by atoms with Crippen molar-refractivity contribution >= 4 is 23.6 Å². The van der Waals surface area contributed by atoms with Crippen LogP contribution in [0.4, 0.5) is 5.69 Å². The van der Waals surface area contributed by atoms with Gasteiger partial charge in [0.15, 0.2) is 5.70 Å². The predicted octanol–water partition coefficient (Wildman–Crippen LogP) is 3.41. The summed E-state index contributed by atoms with van der Waals surface area (Å²) in [6.07, 6.45) is 1.74. The van der Waals surface area contributed by atoms with E-state index in [2.05, 4.69) is 4.99 Å². The first-order valence-electron chi connectivity index (χ1n) is 7.40. The van der Waals surface area contributed by atoms with E-state index >= 15 is 0 Å². The van der Waals surface area contributed by atoms with Crippen molar-refractivity contribution in [2.75, 3.05) is 19.0 Å². The van der Waals surface area contributed by atoms with Crippen LogP contribution in [0.3, 0.4) is 0 Å². The van der Waals surface area contributed by atoms with E-state index in [1.54, 1.807) is 6.08 Å². The average molecular weight is 306 g/mol. The molecule has 0 spiro atoms. The second kappa shape index (κ2) is 6.08. The van der Waals surface area contributed by atoms with Crippen molar-refractivity contribution < 1.29 is 9.53 Å². The molecule has 2 aromatic carbocycles. The fourth-order valence-corrected chi connectivity index (χ4v) is 2.26. The highest BCUT2D eigenvalue weighted by Gasteiger charge is 2.23. The van der Waals surface area contributed by atoms with E-state index in [9.17, 15) is 4.79 Å². The van der Waals surface area contributed by atoms with Crippen LogP contribution in [0, 0.1) is 6.92 Å². The molecule has 0 bridgehead atoms. The van der Waals surface area contributed by atoms with Crippen LogP contribution >= 0.6 is 0 Å². The maximum atomic E-state index is 12.0. The van der Waals surface area contributed by atoms with Crippen LogP contribution < -0.4 is 4.90 Å². The van der Waals surface area contributed by atoms with Gasteiger partial charge in [0.1, 0.15) is 0 Å². The number of cyclic esters (lactones) is 1. The normalized spacial score (nSPS) is 15.5. The topological polar surface area (TPSA) is 41.9 Å². The molecular formula is C19H18N2O2. The largest absolute Gasteiger partial charge is 0.402 e. The summed E-state index contributed by atoms with van der Waals surface area (Å²) < 4.78 is 5.27. The van der Waals surface area contributed by atoms with Crippen molar-refractivity contribution in [3.63, 3.8) is 0 Å². The van der Waals surface area contributed by atoms with Gasteiger partial charge in [-0.25, -0.2) is 9.79 Å². The Bertz CT molecular complexity index is 785. The van der Waals surface area contributed by atoms with E-state index in [1.807, 2.05) is 74.4 Å². The number of hydrogen-bond acceptors (Lipinski definition) is 4. The van der Waals surface area contributed by atoms with Gasteiger partial charge in [0.2, 0.25) is 5.90 Å². The zero-order chi connectivity index (χ0) is 16.4. The Morgan fingerprint density at radius 2 is 1.65 bits per heavy atom. The smallest absolute Gasteiger partial charge is 0.363 e. The lowest BCUT2D eigenvalue weighted by Gasteiger charge is -2.11. The van der Waals surface area contributed by atoms with Crippen molar-refractivity contribution in [1.82, 2.24) is 0 Å². The standard InChI is InChI=1S/C19H18N2O2/c1-13-4-8-15(9-5-13)18-20-17(19(22)23-18)12-14-6-10-16(11-7-14)21(2)3/h4-12H,1-3H3. The number of ether oxygens (including phenoxy) is 1. The number of esters is 1. The van der Waals surface area contributed by atoms with Crippen molar-refractivity contribution in [3.05, 3.63) is 70.9 Å². The fourth-order valence-electron chi connectivity index (χ4n) is 2.26. The third-order valence-electron chi connectivity index (χ3n) is 3.63. The molecule has 0 fully saturated rings. The van der Waals surface area contributed by atoms with Crippen LogP contribution in [0.25, 0.3) is 6.08 Å². The second-order valence-electron chi connectivity index (χ2n) is 5.69. The lowest BCUT2D eigenvalue weighted by Crippen LogP contribution is -2.08. The van der Waals surface area contributed by atoms with Gasteiger partial charge in [-0.2, -0.15) is 0 Å². The van der Waals surface area contributed by atoms with Crippen LogP contribution in [-0.4, -0.2) is 26.0 Å². The van der Waals surface area contributed by atoms with Gasteiger partial charge in [-0.1, -0.05) is 29.8 Å². The number of benzene rings is 2.